The summed E-state index contributed by atoms with van der Waals surface area (Å²) in [5, 5.41) is 0. The van der Waals surface area contributed by atoms with Gasteiger partial charge in [-0.2, -0.15) is 8.42 Å². The second-order valence-electron chi connectivity index (χ2n) is 1.59. The zero-order chi connectivity index (χ0) is 8.04. The fraction of sp³-hybridized carbons (Fsp3) is 0.333. The van der Waals surface area contributed by atoms with Crippen LogP contribution in [-0.4, -0.2) is 58.5 Å². The van der Waals surface area contributed by atoms with Gasteiger partial charge in [0, 0.05) is 0 Å². The van der Waals surface area contributed by atoms with Gasteiger partial charge < -0.3 is 0 Å². The van der Waals surface area contributed by atoms with Gasteiger partial charge in [-0.05, 0) is 0 Å². The molecule has 62 valence electrons. The molecule has 0 N–H and O–H groups in total. The predicted octanol–water partition coefficient (Wildman–Crippen LogP) is -0.211. The van der Waals surface area contributed by atoms with E-state index < -0.39 is 10.1 Å². The Morgan fingerprint density at radius 3 is 2.18 bits per heavy atom. The first kappa shape index (κ1) is 14.2. The topological polar surface area (TPSA) is 43.4 Å². The van der Waals surface area contributed by atoms with Crippen molar-refractivity contribution in [1.29, 1.82) is 0 Å². The minimum atomic E-state index is -3.38. The number of rotatable bonds is 5. The third-order valence-corrected chi connectivity index (χ3v) is 1.83. The van der Waals surface area contributed by atoms with Gasteiger partial charge in [0.1, 0.15) is 0 Å². The van der Waals surface area contributed by atoms with Crippen LogP contribution >= 0.6 is 0 Å². The number of hydrogen-bond donors (Lipinski definition) is 0. The Bertz CT molecular complexity index is 208. The molecule has 0 aliphatic carbocycles. The molecule has 0 bridgehead atoms. The summed E-state index contributed by atoms with van der Waals surface area (Å²) in [5.74, 6) is -0.152. The first-order valence-corrected chi connectivity index (χ1v) is 4.29. The predicted molar refractivity (Wildman–Crippen MR) is 48.7 cm³/mol. The molecule has 0 fully saturated rings. The Morgan fingerprint density at radius 2 is 1.82 bits per heavy atom. The van der Waals surface area contributed by atoms with E-state index >= 15 is 0 Å². The molecule has 5 heteroatoms. The maximum absolute atomic E-state index is 10.6. The summed E-state index contributed by atoms with van der Waals surface area (Å²) in [4.78, 5) is 0. The Labute approximate surface area is 97.2 Å². The summed E-state index contributed by atoms with van der Waals surface area (Å²) < 4.78 is 25.7. The molecular weight excluding hydrogens is 192 g/mol. The summed E-state index contributed by atoms with van der Waals surface area (Å²) in [6.45, 7) is 6.60. The average molecular weight is 204 g/mol. The zero-order valence-electron chi connectivity index (χ0n) is 5.62. The quantitative estimate of drug-likeness (QED) is 0.353. The van der Waals surface area contributed by atoms with Crippen molar-refractivity contribution in [3.05, 3.63) is 25.3 Å². The van der Waals surface area contributed by atoms with Gasteiger partial charge in [-0.25, -0.2) is 0 Å². The molecule has 0 heterocycles. The van der Waals surface area contributed by atoms with Crippen molar-refractivity contribution in [2.24, 2.45) is 0 Å². The standard InChI is InChI=1S/C6H10O3S.Ca.2H/c1-3-5-9-10(7,8)6-4-2;;;/h3-4H,1-2,5-6H2;;;. The van der Waals surface area contributed by atoms with Crippen molar-refractivity contribution in [2.75, 3.05) is 12.4 Å². The Balaban J connectivity index is 0. The van der Waals surface area contributed by atoms with E-state index in [2.05, 4.69) is 17.3 Å². The van der Waals surface area contributed by atoms with E-state index in [-0.39, 0.29) is 50.1 Å². The van der Waals surface area contributed by atoms with Crippen molar-refractivity contribution in [3.8, 4) is 0 Å². The second-order valence-corrected chi connectivity index (χ2v) is 3.27. The molecule has 0 aromatic rings. The van der Waals surface area contributed by atoms with Gasteiger partial charge >= 0.3 is 37.7 Å². The monoisotopic (exact) mass is 204 g/mol. The van der Waals surface area contributed by atoms with Gasteiger partial charge in [0.2, 0.25) is 0 Å². The summed E-state index contributed by atoms with van der Waals surface area (Å²) in [6.07, 6.45) is 2.65. The summed E-state index contributed by atoms with van der Waals surface area (Å²) in [5.41, 5.74) is 0. The normalized spacial score (nSPS) is 9.82. The average Bonchev–Trinajstić information content (AvgIpc) is 1.84. The van der Waals surface area contributed by atoms with E-state index in [0.29, 0.717) is 0 Å². The van der Waals surface area contributed by atoms with E-state index in [1.807, 2.05) is 0 Å². The van der Waals surface area contributed by atoms with E-state index in [1.54, 1.807) is 0 Å². The first-order valence-electron chi connectivity index (χ1n) is 2.71. The van der Waals surface area contributed by atoms with Crippen molar-refractivity contribution in [2.45, 2.75) is 0 Å². The molecule has 0 amide bonds. The molecule has 0 spiro atoms. The molecular formula is C6H12CaO3S. The van der Waals surface area contributed by atoms with E-state index in [9.17, 15) is 8.42 Å². The Morgan fingerprint density at radius 1 is 1.27 bits per heavy atom. The molecule has 0 aliphatic heterocycles. The van der Waals surface area contributed by atoms with Crippen LogP contribution in [0.25, 0.3) is 0 Å². The van der Waals surface area contributed by atoms with Crippen LogP contribution in [0.15, 0.2) is 25.3 Å². The van der Waals surface area contributed by atoms with Gasteiger partial charge in [-0.15, -0.1) is 13.2 Å². The van der Waals surface area contributed by atoms with Gasteiger partial charge in [-0.1, -0.05) is 12.2 Å². The van der Waals surface area contributed by atoms with Gasteiger partial charge in [0.05, 0.1) is 12.4 Å². The van der Waals surface area contributed by atoms with Crippen LogP contribution in [0.2, 0.25) is 0 Å². The first-order chi connectivity index (χ1) is 4.62. The molecule has 3 nitrogen and oxygen atoms in total. The SMILES string of the molecule is C=CCOS(=O)(=O)CC=C.[CaH2]. The molecule has 0 aliphatic rings. The Kier molecular flexibility index (Phi) is 9.43. The minimum absolute atomic E-state index is 0. The fourth-order valence-electron chi connectivity index (χ4n) is 0.344. The van der Waals surface area contributed by atoms with Crippen LogP contribution in [0.3, 0.4) is 0 Å². The van der Waals surface area contributed by atoms with E-state index in [1.165, 1.54) is 12.2 Å². The Hall–Kier alpha value is 0.650. The van der Waals surface area contributed by atoms with Crippen LogP contribution in [0, 0.1) is 0 Å². The van der Waals surface area contributed by atoms with Gasteiger partial charge in [0.15, 0.2) is 0 Å². The van der Waals surface area contributed by atoms with Crippen LogP contribution < -0.4 is 0 Å². The second kappa shape index (κ2) is 7.31. The fourth-order valence-corrected chi connectivity index (χ4v) is 1.03. The van der Waals surface area contributed by atoms with Crippen molar-refractivity contribution in [3.63, 3.8) is 0 Å². The molecule has 0 radical (unpaired) electrons. The molecule has 0 saturated heterocycles. The molecule has 0 rings (SSSR count). The summed E-state index contributed by atoms with van der Waals surface area (Å²) >= 11 is 0. The summed E-state index contributed by atoms with van der Waals surface area (Å²) in [7, 11) is -3.38. The van der Waals surface area contributed by atoms with Crippen LogP contribution in [-0.2, 0) is 14.3 Å². The van der Waals surface area contributed by atoms with Crippen LogP contribution in [0.4, 0.5) is 0 Å². The summed E-state index contributed by atoms with van der Waals surface area (Å²) in [6, 6.07) is 0. The van der Waals surface area contributed by atoms with Crippen molar-refractivity contribution >= 4 is 47.9 Å². The number of hydrogen-bond acceptors (Lipinski definition) is 3. The molecule has 0 unspecified atom stereocenters. The van der Waals surface area contributed by atoms with E-state index in [0.717, 1.165) is 0 Å². The van der Waals surface area contributed by atoms with Crippen molar-refractivity contribution < 1.29 is 12.6 Å². The molecule has 11 heavy (non-hydrogen) atoms. The van der Waals surface area contributed by atoms with E-state index in [4.69, 9.17) is 0 Å². The van der Waals surface area contributed by atoms with Gasteiger partial charge in [-0.3, -0.25) is 4.18 Å². The van der Waals surface area contributed by atoms with Crippen LogP contribution in [0.1, 0.15) is 0 Å². The van der Waals surface area contributed by atoms with Gasteiger partial charge in [0.25, 0.3) is 10.1 Å². The zero-order valence-corrected chi connectivity index (χ0v) is 6.43. The molecule has 0 aromatic heterocycles. The maximum atomic E-state index is 10.6. The third-order valence-electron chi connectivity index (χ3n) is 0.687. The van der Waals surface area contributed by atoms with Crippen LogP contribution in [0.5, 0.6) is 0 Å². The molecule has 0 atom stereocenters. The molecule has 0 aromatic carbocycles. The third kappa shape index (κ3) is 8.56. The molecule has 0 saturated carbocycles. The van der Waals surface area contributed by atoms with Crippen molar-refractivity contribution in [1.82, 2.24) is 0 Å².